The minimum Gasteiger partial charge on any atom is -0.0841 e. The Morgan fingerprint density at radius 2 is 1.53 bits per heavy atom. The summed E-state index contributed by atoms with van der Waals surface area (Å²) in [5.41, 5.74) is 2.63. The van der Waals surface area contributed by atoms with Crippen molar-refractivity contribution in [1.82, 2.24) is 0 Å². The first-order chi connectivity index (χ1) is 7.10. The van der Waals surface area contributed by atoms with Crippen LogP contribution >= 0.6 is 11.6 Å². The zero-order valence-electron chi connectivity index (χ0n) is 10.9. The fourth-order valence-electron chi connectivity index (χ4n) is 1.79. The Morgan fingerprint density at radius 3 is 1.87 bits per heavy atom. The van der Waals surface area contributed by atoms with Crippen LogP contribution in [0, 0.1) is 5.92 Å². The molecule has 0 spiro atoms. The highest BCUT2D eigenvalue weighted by Crippen LogP contribution is 2.25. The second-order valence-electron chi connectivity index (χ2n) is 4.05. The van der Waals surface area contributed by atoms with E-state index in [4.69, 9.17) is 11.6 Å². The molecule has 0 N–H and O–H groups in total. The van der Waals surface area contributed by atoms with E-state index < -0.39 is 0 Å². The van der Waals surface area contributed by atoms with E-state index >= 15 is 0 Å². The summed E-state index contributed by atoms with van der Waals surface area (Å²) >= 11 is 6.37. The van der Waals surface area contributed by atoms with Crippen LogP contribution in [0.15, 0.2) is 22.3 Å². The van der Waals surface area contributed by atoms with E-state index in [0.717, 1.165) is 17.9 Å². The minimum atomic E-state index is 0.675. The molecule has 88 valence electrons. The van der Waals surface area contributed by atoms with Crippen molar-refractivity contribution in [1.29, 1.82) is 0 Å². The maximum absolute atomic E-state index is 6.37. The van der Waals surface area contributed by atoms with Gasteiger partial charge in [0, 0.05) is 5.03 Å². The predicted octanol–water partition coefficient (Wildman–Crippen LogP) is 5.68. The van der Waals surface area contributed by atoms with Crippen LogP contribution in [-0.2, 0) is 0 Å². The van der Waals surface area contributed by atoms with Crippen molar-refractivity contribution < 1.29 is 0 Å². The zero-order valence-corrected chi connectivity index (χ0v) is 11.6. The van der Waals surface area contributed by atoms with Gasteiger partial charge in [0.2, 0.25) is 0 Å². The summed E-state index contributed by atoms with van der Waals surface area (Å²) in [6, 6.07) is 0. The molecule has 0 rings (SSSR count). The Morgan fingerprint density at radius 1 is 1.07 bits per heavy atom. The molecule has 0 heterocycles. The van der Waals surface area contributed by atoms with Gasteiger partial charge < -0.3 is 0 Å². The van der Waals surface area contributed by atoms with Crippen LogP contribution in [-0.4, -0.2) is 0 Å². The summed E-state index contributed by atoms with van der Waals surface area (Å²) in [4.78, 5) is 0. The van der Waals surface area contributed by atoms with E-state index in [1.807, 2.05) is 0 Å². The molecular weight excluding hydrogens is 204 g/mol. The van der Waals surface area contributed by atoms with Gasteiger partial charge in [-0.05, 0) is 44.1 Å². The zero-order chi connectivity index (χ0) is 11.8. The Kier molecular flexibility index (Phi) is 7.86. The molecule has 0 aliphatic rings. The third-order valence-corrected chi connectivity index (χ3v) is 3.61. The molecule has 0 atom stereocenters. The first-order valence-corrected chi connectivity index (χ1v) is 6.54. The van der Waals surface area contributed by atoms with E-state index in [1.165, 1.54) is 24.0 Å². The number of hydrogen-bond donors (Lipinski definition) is 0. The minimum absolute atomic E-state index is 0.675. The molecule has 0 nitrogen and oxygen atoms in total. The second-order valence-corrected chi connectivity index (χ2v) is 4.43. The largest absolute Gasteiger partial charge is 0.0841 e. The van der Waals surface area contributed by atoms with Gasteiger partial charge in [-0.2, -0.15) is 0 Å². The highest BCUT2D eigenvalue weighted by molar-refractivity contribution is 6.32. The van der Waals surface area contributed by atoms with Crippen molar-refractivity contribution in [3.8, 4) is 0 Å². The number of halogens is 1. The Labute approximate surface area is 100 Å². The van der Waals surface area contributed by atoms with Gasteiger partial charge in [0.05, 0.1) is 0 Å². The third-order valence-electron chi connectivity index (χ3n) is 3.04. The Bertz CT molecular complexity index is 226. The summed E-state index contributed by atoms with van der Waals surface area (Å²) in [6.07, 6.45) is 6.84. The molecular formula is C14H25Cl. The number of hydrogen-bond acceptors (Lipinski definition) is 0. The SMILES string of the molecule is CCC(CC)=C(Cl)/C(C)=C\C(CC)CC. The van der Waals surface area contributed by atoms with Crippen LogP contribution in [0.3, 0.4) is 0 Å². The monoisotopic (exact) mass is 228 g/mol. The normalized spacial score (nSPS) is 12.1. The van der Waals surface area contributed by atoms with Gasteiger partial charge in [-0.25, -0.2) is 0 Å². The molecule has 0 unspecified atom stereocenters. The molecule has 0 aliphatic heterocycles. The summed E-state index contributed by atoms with van der Waals surface area (Å²) in [7, 11) is 0. The number of rotatable bonds is 6. The standard InChI is InChI=1S/C14H25Cl/c1-6-12(7-2)10-11(5)14(15)13(8-3)9-4/h10,12H,6-9H2,1-5H3/b11-10-. The topological polar surface area (TPSA) is 0 Å². The van der Waals surface area contributed by atoms with Gasteiger partial charge in [0.25, 0.3) is 0 Å². The summed E-state index contributed by atoms with van der Waals surface area (Å²) in [5.74, 6) is 0.675. The lowest BCUT2D eigenvalue weighted by molar-refractivity contribution is 0.603. The van der Waals surface area contributed by atoms with Crippen molar-refractivity contribution in [3.63, 3.8) is 0 Å². The third kappa shape index (κ3) is 4.88. The van der Waals surface area contributed by atoms with Crippen LogP contribution < -0.4 is 0 Å². The van der Waals surface area contributed by atoms with E-state index in [2.05, 4.69) is 40.7 Å². The van der Waals surface area contributed by atoms with Crippen molar-refractivity contribution >= 4 is 11.6 Å². The Balaban J connectivity index is 4.81. The Hall–Kier alpha value is -0.230. The molecule has 1 heteroatoms. The van der Waals surface area contributed by atoms with Crippen LogP contribution in [0.5, 0.6) is 0 Å². The lowest BCUT2D eigenvalue weighted by atomic mass is 9.98. The van der Waals surface area contributed by atoms with E-state index in [1.54, 1.807) is 0 Å². The van der Waals surface area contributed by atoms with Crippen molar-refractivity contribution in [2.75, 3.05) is 0 Å². The second kappa shape index (κ2) is 7.98. The average molecular weight is 229 g/mol. The van der Waals surface area contributed by atoms with E-state index in [0.29, 0.717) is 5.92 Å². The first kappa shape index (κ1) is 14.8. The average Bonchev–Trinajstić information content (AvgIpc) is 2.26. The molecule has 0 aromatic carbocycles. The van der Waals surface area contributed by atoms with Crippen molar-refractivity contribution in [2.45, 2.75) is 60.3 Å². The van der Waals surface area contributed by atoms with Gasteiger partial charge in [-0.1, -0.05) is 50.9 Å². The van der Waals surface area contributed by atoms with Gasteiger partial charge in [0.15, 0.2) is 0 Å². The molecule has 0 amide bonds. The van der Waals surface area contributed by atoms with E-state index in [-0.39, 0.29) is 0 Å². The molecule has 0 aromatic rings. The molecule has 0 aliphatic carbocycles. The maximum atomic E-state index is 6.37. The highest BCUT2D eigenvalue weighted by atomic mass is 35.5. The maximum Gasteiger partial charge on any atom is 0.0423 e. The lowest BCUT2D eigenvalue weighted by Crippen LogP contribution is -1.94. The molecule has 0 saturated carbocycles. The van der Waals surface area contributed by atoms with Gasteiger partial charge in [-0.15, -0.1) is 0 Å². The van der Waals surface area contributed by atoms with Crippen LogP contribution in [0.4, 0.5) is 0 Å². The highest BCUT2D eigenvalue weighted by Gasteiger charge is 2.05. The van der Waals surface area contributed by atoms with Gasteiger partial charge in [0.1, 0.15) is 0 Å². The molecule has 0 bridgehead atoms. The molecule has 0 radical (unpaired) electrons. The quantitative estimate of drug-likeness (QED) is 0.513. The first-order valence-electron chi connectivity index (χ1n) is 6.16. The van der Waals surface area contributed by atoms with Crippen LogP contribution in [0.25, 0.3) is 0 Å². The fourth-order valence-corrected chi connectivity index (χ4v) is 2.12. The van der Waals surface area contributed by atoms with Gasteiger partial charge in [-0.3, -0.25) is 0 Å². The molecule has 0 saturated heterocycles. The predicted molar refractivity (Wildman–Crippen MR) is 71.3 cm³/mol. The molecule has 0 fully saturated rings. The number of allylic oxidation sites excluding steroid dienone is 4. The smallest absolute Gasteiger partial charge is 0.0423 e. The van der Waals surface area contributed by atoms with Gasteiger partial charge >= 0.3 is 0 Å². The summed E-state index contributed by atoms with van der Waals surface area (Å²) < 4.78 is 0. The van der Waals surface area contributed by atoms with E-state index in [9.17, 15) is 0 Å². The molecule has 0 aromatic heterocycles. The fraction of sp³-hybridized carbons (Fsp3) is 0.714. The summed E-state index contributed by atoms with van der Waals surface area (Å²) in [5, 5.41) is 0.993. The molecule has 15 heavy (non-hydrogen) atoms. The van der Waals surface area contributed by atoms with Crippen molar-refractivity contribution in [3.05, 3.63) is 22.3 Å². The summed E-state index contributed by atoms with van der Waals surface area (Å²) in [6.45, 7) is 10.9. The van der Waals surface area contributed by atoms with Crippen molar-refractivity contribution in [2.24, 2.45) is 5.92 Å². The van der Waals surface area contributed by atoms with Crippen LogP contribution in [0.1, 0.15) is 60.3 Å². The van der Waals surface area contributed by atoms with Crippen LogP contribution in [0.2, 0.25) is 0 Å². The lowest BCUT2D eigenvalue weighted by Gasteiger charge is -2.11.